The summed E-state index contributed by atoms with van der Waals surface area (Å²) >= 11 is 0. The molecule has 1 aromatic carbocycles. The van der Waals surface area contributed by atoms with Crippen molar-refractivity contribution < 1.29 is 14.3 Å². The molecule has 1 aromatic rings. The summed E-state index contributed by atoms with van der Waals surface area (Å²) in [6.45, 7) is 4.37. The predicted octanol–water partition coefficient (Wildman–Crippen LogP) is 0.0735. The van der Waals surface area contributed by atoms with Crippen LogP contribution < -0.4 is 10.6 Å². The van der Waals surface area contributed by atoms with Crippen molar-refractivity contribution in [2.24, 2.45) is 0 Å². The van der Waals surface area contributed by atoms with Crippen LogP contribution in [0.2, 0.25) is 0 Å². The number of nitrogens with zero attached hydrogens (tertiary/aromatic N) is 1. The van der Waals surface area contributed by atoms with E-state index < -0.39 is 11.8 Å². The first-order valence-electron chi connectivity index (χ1n) is 6.70. The molecule has 0 spiro atoms. The Kier molecular flexibility index (Phi) is 5.52. The van der Waals surface area contributed by atoms with Crippen LogP contribution in [0.3, 0.4) is 0 Å². The molecule has 2 amide bonds. The van der Waals surface area contributed by atoms with E-state index in [1.165, 1.54) is 0 Å². The fourth-order valence-corrected chi connectivity index (χ4v) is 1.94. The zero-order chi connectivity index (χ0) is 14.2. The molecule has 2 N–H and O–H groups in total. The number of hydrogen-bond acceptors (Lipinski definition) is 4. The van der Waals surface area contributed by atoms with Crippen LogP contribution in [-0.4, -0.2) is 56.1 Å². The molecule has 0 aromatic heterocycles. The maximum atomic E-state index is 11.6. The molecule has 0 atom stereocenters. The number of morpholine rings is 1. The van der Waals surface area contributed by atoms with Crippen molar-refractivity contribution in [3.63, 3.8) is 0 Å². The lowest BCUT2D eigenvalue weighted by Gasteiger charge is -2.26. The van der Waals surface area contributed by atoms with Gasteiger partial charge in [0.2, 0.25) is 0 Å². The van der Waals surface area contributed by atoms with Crippen LogP contribution >= 0.6 is 0 Å². The highest BCUT2D eigenvalue weighted by atomic mass is 16.5. The molecule has 1 heterocycles. The number of anilines is 1. The van der Waals surface area contributed by atoms with Crippen LogP contribution in [0, 0.1) is 0 Å². The predicted molar refractivity (Wildman–Crippen MR) is 75.3 cm³/mol. The number of benzene rings is 1. The normalized spacial score (nSPS) is 15.6. The third-order valence-corrected chi connectivity index (χ3v) is 3.06. The molecule has 6 nitrogen and oxygen atoms in total. The lowest BCUT2D eigenvalue weighted by atomic mass is 10.3. The zero-order valence-electron chi connectivity index (χ0n) is 11.3. The second-order valence-corrected chi connectivity index (χ2v) is 4.53. The van der Waals surface area contributed by atoms with Crippen molar-refractivity contribution in [3.8, 4) is 0 Å². The summed E-state index contributed by atoms with van der Waals surface area (Å²) in [5, 5.41) is 5.16. The summed E-state index contributed by atoms with van der Waals surface area (Å²) in [6.07, 6.45) is 0. The molecule has 0 saturated carbocycles. The Balaban J connectivity index is 1.67. The molecular weight excluding hydrogens is 258 g/mol. The Hall–Kier alpha value is -1.92. The number of rotatable bonds is 4. The van der Waals surface area contributed by atoms with Crippen molar-refractivity contribution in [2.45, 2.75) is 0 Å². The van der Waals surface area contributed by atoms with E-state index >= 15 is 0 Å². The van der Waals surface area contributed by atoms with Crippen molar-refractivity contribution in [3.05, 3.63) is 30.3 Å². The summed E-state index contributed by atoms with van der Waals surface area (Å²) in [5.74, 6) is -1.25. The van der Waals surface area contributed by atoms with E-state index in [4.69, 9.17) is 4.74 Å². The van der Waals surface area contributed by atoms with E-state index in [2.05, 4.69) is 15.5 Å². The molecule has 1 fully saturated rings. The number of carbonyl (C=O) groups excluding carboxylic acids is 2. The van der Waals surface area contributed by atoms with E-state index in [1.54, 1.807) is 24.3 Å². The highest BCUT2D eigenvalue weighted by Gasteiger charge is 2.14. The number of para-hydroxylation sites is 1. The minimum absolute atomic E-state index is 0.459. The third kappa shape index (κ3) is 4.64. The van der Waals surface area contributed by atoms with Crippen molar-refractivity contribution >= 4 is 17.5 Å². The van der Waals surface area contributed by atoms with Crippen LogP contribution in [0.15, 0.2) is 30.3 Å². The number of nitrogens with one attached hydrogen (secondary N) is 2. The molecule has 20 heavy (non-hydrogen) atoms. The molecule has 2 rings (SSSR count). The summed E-state index contributed by atoms with van der Waals surface area (Å²) in [6, 6.07) is 8.91. The first-order valence-corrected chi connectivity index (χ1v) is 6.70. The molecule has 1 saturated heterocycles. The highest BCUT2D eigenvalue weighted by Crippen LogP contribution is 2.04. The second kappa shape index (κ2) is 7.62. The standard InChI is InChI=1S/C14H19N3O3/c18-13(14(19)16-12-4-2-1-3-5-12)15-6-7-17-8-10-20-11-9-17/h1-5H,6-11H2,(H,15,18)(H,16,19). The topological polar surface area (TPSA) is 70.7 Å². The molecule has 6 heteroatoms. The second-order valence-electron chi connectivity index (χ2n) is 4.53. The Morgan fingerprint density at radius 3 is 2.50 bits per heavy atom. The van der Waals surface area contributed by atoms with Gasteiger partial charge >= 0.3 is 11.8 Å². The van der Waals surface area contributed by atoms with E-state index in [0.717, 1.165) is 32.8 Å². The van der Waals surface area contributed by atoms with Gasteiger partial charge in [-0.15, -0.1) is 0 Å². The fourth-order valence-electron chi connectivity index (χ4n) is 1.94. The van der Waals surface area contributed by atoms with Crippen LogP contribution in [0.4, 0.5) is 5.69 Å². The molecule has 0 aliphatic carbocycles. The van der Waals surface area contributed by atoms with Crippen LogP contribution in [-0.2, 0) is 14.3 Å². The molecule has 0 radical (unpaired) electrons. The highest BCUT2D eigenvalue weighted by molar-refractivity contribution is 6.39. The van der Waals surface area contributed by atoms with E-state index in [9.17, 15) is 9.59 Å². The summed E-state index contributed by atoms with van der Waals surface area (Å²) in [5.41, 5.74) is 0.612. The van der Waals surface area contributed by atoms with Gasteiger partial charge in [0.05, 0.1) is 13.2 Å². The minimum atomic E-state index is -0.641. The van der Waals surface area contributed by atoms with Gasteiger partial charge in [0.1, 0.15) is 0 Å². The van der Waals surface area contributed by atoms with E-state index in [1.807, 2.05) is 6.07 Å². The van der Waals surface area contributed by atoms with Gasteiger partial charge in [0, 0.05) is 31.9 Å². The monoisotopic (exact) mass is 277 g/mol. The SMILES string of the molecule is O=C(NCCN1CCOCC1)C(=O)Nc1ccccc1. The van der Waals surface area contributed by atoms with Crippen LogP contribution in [0.5, 0.6) is 0 Å². The summed E-state index contributed by atoms with van der Waals surface area (Å²) < 4.78 is 5.24. The van der Waals surface area contributed by atoms with Gasteiger partial charge in [0.25, 0.3) is 0 Å². The molecule has 0 unspecified atom stereocenters. The van der Waals surface area contributed by atoms with Gasteiger partial charge in [-0.25, -0.2) is 0 Å². The van der Waals surface area contributed by atoms with Crippen molar-refractivity contribution in [1.29, 1.82) is 0 Å². The summed E-state index contributed by atoms with van der Waals surface area (Å²) in [7, 11) is 0. The van der Waals surface area contributed by atoms with E-state index in [0.29, 0.717) is 12.2 Å². The largest absolute Gasteiger partial charge is 0.379 e. The maximum Gasteiger partial charge on any atom is 0.313 e. The smallest absolute Gasteiger partial charge is 0.313 e. The lowest BCUT2D eigenvalue weighted by molar-refractivity contribution is -0.136. The van der Waals surface area contributed by atoms with Gasteiger partial charge in [-0.2, -0.15) is 0 Å². The Morgan fingerprint density at radius 1 is 1.10 bits per heavy atom. The number of hydrogen-bond donors (Lipinski definition) is 2. The number of amides is 2. The fraction of sp³-hybridized carbons (Fsp3) is 0.429. The van der Waals surface area contributed by atoms with Crippen LogP contribution in [0.1, 0.15) is 0 Å². The van der Waals surface area contributed by atoms with Gasteiger partial charge in [-0.05, 0) is 12.1 Å². The molecule has 1 aliphatic heterocycles. The van der Waals surface area contributed by atoms with Gasteiger partial charge < -0.3 is 15.4 Å². The molecule has 1 aliphatic rings. The molecule has 0 bridgehead atoms. The van der Waals surface area contributed by atoms with Crippen LogP contribution in [0.25, 0.3) is 0 Å². The van der Waals surface area contributed by atoms with Gasteiger partial charge in [-0.1, -0.05) is 18.2 Å². The van der Waals surface area contributed by atoms with E-state index in [-0.39, 0.29) is 0 Å². The minimum Gasteiger partial charge on any atom is -0.379 e. The Labute approximate surface area is 118 Å². The first kappa shape index (κ1) is 14.5. The third-order valence-electron chi connectivity index (χ3n) is 3.06. The number of ether oxygens (including phenoxy) is 1. The number of carbonyl (C=O) groups is 2. The van der Waals surface area contributed by atoms with Gasteiger partial charge in [0.15, 0.2) is 0 Å². The zero-order valence-corrected chi connectivity index (χ0v) is 11.3. The quantitative estimate of drug-likeness (QED) is 0.764. The Bertz CT molecular complexity index is 444. The Morgan fingerprint density at radius 2 is 1.80 bits per heavy atom. The lowest BCUT2D eigenvalue weighted by Crippen LogP contribution is -2.43. The van der Waals surface area contributed by atoms with Crippen molar-refractivity contribution in [1.82, 2.24) is 10.2 Å². The van der Waals surface area contributed by atoms with Gasteiger partial charge in [-0.3, -0.25) is 14.5 Å². The van der Waals surface area contributed by atoms with Crippen molar-refractivity contribution in [2.75, 3.05) is 44.7 Å². The molecular formula is C14H19N3O3. The maximum absolute atomic E-state index is 11.6. The first-order chi connectivity index (χ1) is 9.75. The summed E-state index contributed by atoms with van der Waals surface area (Å²) in [4.78, 5) is 25.5. The average molecular weight is 277 g/mol. The molecule has 108 valence electrons. The average Bonchev–Trinajstić information content (AvgIpc) is 2.49.